The second kappa shape index (κ2) is 6.07. The fraction of sp³-hybridized carbons (Fsp3) is 0.357. The smallest absolute Gasteiger partial charge is 0.173 e. The molecule has 7 heteroatoms. The molecule has 1 saturated heterocycles. The molecule has 2 heterocycles. The van der Waals surface area contributed by atoms with Crippen molar-refractivity contribution in [2.24, 2.45) is 0 Å². The Morgan fingerprint density at radius 3 is 2.57 bits per heavy atom. The number of ether oxygens (including phenoxy) is 1. The Morgan fingerprint density at radius 2 is 1.90 bits per heavy atom. The number of rotatable bonds is 3. The molecule has 21 heavy (non-hydrogen) atoms. The van der Waals surface area contributed by atoms with Gasteiger partial charge in [-0.2, -0.15) is 0 Å². The summed E-state index contributed by atoms with van der Waals surface area (Å²) in [6.45, 7) is 0. The first-order valence-electron chi connectivity index (χ1n) is 6.56. The summed E-state index contributed by atoms with van der Waals surface area (Å²) in [6, 6.07) is 7.34. The molecule has 112 valence electrons. The van der Waals surface area contributed by atoms with Crippen LogP contribution in [0.3, 0.4) is 0 Å². The van der Waals surface area contributed by atoms with E-state index in [9.17, 15) is 15.3 Å². The van der Waals surface area contributed by atoms with Crippen LogP contribution in [-0.2, 0) is 0 Å². The molecule has 0 unspecified atom stereocenters. The molecule has 1 aliphatic rings. The van der Waals surface area contributed by atoms with Gasteiger partial charge in [-0.3, -0.25) is 0 Å². The largest absolute Gasteiger partial charge is 0.477 e. The predicted molar refractivity (Wildman–Crippen MR) is 78.5 cm³/mol. The summed E-state index contributed by atoms with van der Waals surface area (Å²) in [5.74, 6) is 0.926. The van der Waals surface area contributed by atoms with E-state index in [0.29, 0.717) is 11.5 Å². The van der Waals surface area contributed by atoms with Crippen LogP contribution in [0.15, 0.2) is 43.0 Å². The van der Waals surface area contributed by atoms with Gasteiger partial charge in [-0.25, -0.2) is 4.98 Å². The van der Waals surface area contributed by atoms with Crippen LogP contribution in [0.2, 0.25) is 0 Å². The SMILES string of the molecule is O[C@@H]1[C@@H](O)[C@@H](Oc2ccc(-n3ccnc3)cc2)SC[C@H]1O. The van der Waals surface area contributed by atoms with Crippen LogP contribution in [0.5, 0.6) is 5.75 Å². The first-order chi connectivity index (χ1) is 10.1. The van der Waals surface area contributed by atoms with Crippen LogP contribution >= 0.6 is 11.8 Å². The number of aliphatic hydroxyl groups excluding tert-OH is 3. The minimum atomic E-state index is -1.18. The molecular weight excluding hydrogens is 292 g/mol. The molecule has 0 radical (unpaired) electrons. The van der Waals surface area contributed by atoms with Crippen molar-refractivity contribution in [1.29, 1.82) is 0 Å². The minimum absolute atomic E-state index is 0.329. The summed E-state index contributed by atoms with van der Waals surface area (Å²) >= 11 is 1.28. The van der Waals surface area contributed by atoms with Gasteiger partial charge in [-0.15, -0.1) is 11.8 Å². The molecule has 1 fully saturated rings. The van der Waals surface area contributed by atoms with Crippen LogP contribution in [0.4, 0.5) is 0 Å². The van der Waals surface area contributed by atoms with Crippen LogP contribution in [0, 0.1) is 0 Å². The third-order valence-electron chi connectivity index (χ3n) is 3.35. The van der Waals surface area contributed by atoms with Crippen molar-refractivity contribution in [3.05, 3.63) is 43.0 Å². The van der Waals surface area contributed by atoms with Crippen LogP contribution in [0.25, 0.3) is 5.69 Å². The van der Waals surface area contributed by atoms with Crippen molar-refractivity contribution >= 4 is 11.8 Å². The molecule has 0 saturated carbocycles. The Balaban J connectivity index is 1.68. The average molecular weight is 308 g/mol. The number of thioether (sulfide) groups is 1. The number of hydrogen-bond donors (Lipinski definition) is 3. The van der Waals surface area contributed by atoms with Gasteiger partial charge in [0.1, 0.15) is 18.0 Å². The molecule has 3 N–H and O–H groups in total. The summed E-state index contributed by atoms with van der Waals surface area (Å²) in [4.78, 5) is 3.98. The number of imidazole rings is 1. The van der Waals surface area contributed by atoms with E-state index in [4.69, 9.17) is 4.74 Å². The molecule has 3 rings (SSSR count). The quantitative estimate of drug-likeness (QED) is 0.761. The molecule has 4 atom stereocenters. The van der Waals surface area contributed by atoms with E-state index in [-0.39, 0.29) is 0 Å². The van der Waals surface area contributed by atoms with Crippen LogP contribution in [-0.4, -0.2) is 54.4 Å². The standard InChI is InChI=1S/C14H16N2O4S/c17-11-7-21-14(13(19)12(11)18)20-10-3-1-9(2-4-10)16-6-5-15-8-16/h1-6,8,11-14,17-19H,7H2/t11-,12+,13-,14+/m1/s1. The van der Waals surface area contributed by atoms with Gasteiger partial charge in [0.05, 0.1) is 12.4 Å². The lowest BCUT2D eigenvalue weighted by Gasteiger charge is -2.34. The average Bonchev–Trinajstić information content (AvgIpc) is 3.03. The van der Waals surface area contributed by atoms with Gasteiger partial charge in [-0.05, 0) is 24.3 Å². The Hall–Kier alpha value is -1.54. The second-order valence-corrected chi connectivity index (χ2v) is 5.96. The van der Waals surface area contributed by atoms with Gasteiger partial charge in [0.15, 0.2) is 5.44 Å². The maximum absolute atomic E-state index is 9.91. The number of nitrogens with zero attached hydrogens (tertiary/aromatic N) is 2. The maximum Gasteiger partial charge on any atom is 0.173 e. The zero-order valence-corrected chi connectivity index (χ0v) is 11.9. The Bertz CT molecular complexity index is 575. The van der Waals surface area contributed by atoms with Gasteiger partial charge < -0.3 is 24.6 Å². The molecule has 0 amide bonds. The Labute approximate surface area is 126 Å². The number of aliphatic hydroxyl groups is 3. The highest BCUT2D eigenvalue weighted by molar-refractivity contribution is 7.99. The summed E-state index contributed by atoms with van der Waals surface area (Å²) in [5.41, 5.74) is 0.356. The Kier molecular flexibility index (Phi) is 4.16. The fourth-order valence-electron chi connectivity index (χ4n) is 2.13. The van der Waals surface area contributed by atoms with Crippen LogP contribution in [0.1, 0.15) is 0 Å². The molecule has 2 aromatic rings. The van der Waals surface area contributed by atoms with Gasteiger partial charge in [0.25, 0.3) is 0 Å². The van der Waals surface area contributed by atoms with Crippen molar-refractivity contribution in [3.8, 4) is 11.4 Å². The van der Waals surface area contributed by atoms with E-state index in [2.05, 4.69) is 4.98 Å². The third kappa shape index (κ3) is 3.06. The number of benzene rings is 1. The van der Waals surface area contributed by atoms with Crippen molar-refractivity contribution in [2.75, 3.05) is 5.75 Å². The topological polar surface area (TPSA) is 87.7 Å². The maximum atomic E-state index is 9.91. The lowest BCUT2D eigenvalue weighted by Crippen LogP contribution is -2.50. The zero-order valence-electron chi connectivity index (χ0n) is 11.1. The van der Waals surface area contributed by atoms with E-state index in [1.807, 2.05) is 22.9 Å². The van der Waals surface area contributed by atoms with E-state index in [1.54, 1.807) is 24.7 Å². The first kappa shape index (κ1) is 14.4. The highest BCUT2D eigenvalue weighted by Crippen LogP contribution is 2.29. The summed E-state index contributed by atoms with van der Waals surface area (Å²) in [7, 11) is 0. The summed E-state index contributed by atoms with van der Waals surface area (Å²) in [6.07, 6.45) is 2.02. The monoisotopic (exact) mass is 308 g/mol. The van der Waals surface area contributed by atoms with Gasteiger partial charge in [0.2, 0.25) is 0 Å². The molecule has 0 bridgehead atoms. The van der Waals surface area contributed by atoms with Gasteiger partial charge in [0, 0.05) is 23.8 Å². The third-order valence-corrected chi connectivity index (χ3v) is 4.58. The van der Waals surface area contributed by atoms with E-state index in [0.717, 1.165) is 5.69 Å². The molecule has 0 aliphatic carbocycles. The lowest BCUT2D eigenvalue weighted by atomic mass is 10.1. The lowest BCUT2D eigenvalue weighted by molar-refractivity contribution is -0.0786. The molecule has 0 spiro atoms. The molecule has 6 nitrogen and oxygen atoms in total. The first-order valence-corrected chi connectivity index (χ1v) is 7.61. The van der Waals surface area contributed by atoms with Gasteiger partial charge in [-0.1, -0.05) is 0 Å². The highest BCUT2D eigenvalue weighted by Gasteiger charge is 2.38. The summed E-state index contributed by atoms with van der Waals surface area (Å²) in [5, 5.41) is 29.0. The number of aromatic nitrogens is 2. The molecule has 1 aromatic heterocycles. The molecular formula is C14H16N2O4S. The van der Waals surface area contributed by atoms with Crippen molar-refractivity contribution in [2.45, 2.75) is 23.7 Å². The van der Waals surface area contributed by atoms with E-state index in [1.165, 1.54) is 11.8 Å². The minimum Gasteiger partial charge on any atom is -0.477 e. The van der Waals surface area contributed by atoms with Crippen LogP contribution < -0.4 is 4.74 Å². The predicted octanol–water partition coefficient (Wildman–Crippen LogP) is 0.407. The van der Waals surface area contributed by atoms with Crippen molar-refractivity contribution in [3.63, 3.8) is 0 Å². The molecule has 1 aliphatic heterocycles. The molecule has 1 aromatic carbocycles. The second-order valence-electron chi connectivity index (χ2n) is 4.83. The zero-order chi connectivity index (χ0) is 14.8. The van der Waals surface area contributed by atoms with E-state index >= 15 is 0 Å². The Morgan fingerprint density at radius 1 is 1.14 bits per heavy atom. The fourth-order valence-corrected chi connectivity index (χ4v) is 3.25. The normalized spacial score (nSPS) is 29.3. The number of hydrogen-bond acceptors (Lipinski definition) is 6. The van der Waals surface area contributed by atoms with Crippen molar-refractivity contribution < 1.29 is 20.1 Å². The van der Waals surface area contributed by atoms with E-state index < -0.39 is 23.7 Å². The summed E-state index contributed by atoms with van der Waals surface area (Å²) < 4.78 is 7.54. The van der Waals surface area contributed by atoms with Gasteiger partial charge >= 0.3 is 0 Å². The van der Waals surface area contributed by atoms with Crippen molar-refractivity contribution in [1.82, 2.24) is 9.55 Å². The highest BCUT2D eigenvalue weighted by atomic mass is 32.2.